The summed E-state index contributed by atoms with van der Waals surface area (Å²) < 4.78 is 0. The second kappa shape index (κ2) is 3.78. The van der Waals surface area contributed by atoms with Crippen molar-refractivity contribution < 1.29 is 30.0 Å². The molecule has 0 atom stereocenters. The third-order valence-corrected chi connectivity index (χ3v) is 3.45. The van der Waals surface area contributed by atoms with Crippen LogP contribution in [0.25, 0.3) is 0 Å². The Hall–Kier alpha value is -2.44. The highest BCUT2D eigenvalue weighted by atomic mass is 16.5. The highest BCUT2D eigenvalue weighted by molar-refractivity contribution is 6.29. The third-order valence-electron chi connectivity index (χ3n) is 3.45. The van der Waals surface area contributed by atoms with Crippen molar-refractivity contribution in [3.63, 3.8) is 0 Å². The average molecular weight is 274 g/mol. The number of allylic oxidation sites excluding steroid dienone is 1. The zero-order chi connectivity index (χ0) is 14.7. The Morgan fingerprint density at radius 2 is 1.75 bits per heavy atom. The maximum Gasteiger partial charge on any atom is 0.201 e. The Balaban J connectivity index is 2.36. The molecule has 1 aromatic rings. The summed E-state index contributed by atoms with van der Waals surface area (Å²) in [6.07, 6.45) is 0.653. The Kier molecular flexibility index (Phi) is 2.38. The van der Waals surface area contributed by atoms with Gasteiger partial charge in [-0.2, -0.15) is 0 Å². The van der Waals surface area contributed by atoms with Crippen molar-refractivity contribution in [1.29, 1.82) is 0 Å². The maximum atomic E-state index is 12.3. The van der Waals surface area contributed by atoms with Crippen LogP contribution >= 0.6 is 0 Å². The summed E-state index contributed by atoms with van der Waals surface area (Å²) in [5.41, 5.74) is -1.38. The molecule has 1 aromatic carbocycles. The van der Waals surface area contributed by atoms with Crippen LogP contribution in [0, 0.1) is 0 Å². The van der Waals surface area contributed by atoms with Crippen LogP contribution in [0.3, 0.4) is 0 Å². The minimum absolute atomic E-state index is 0.115. The number of fused-ring (bicyclic) bond motifs is 1. The zero-order valence-electron chi connectivity index (χ0n) is 10.1. The number of carbonyl (C=O) groups excluding carboxylic acids is 2. The van der Waals surface area contributed by atoms with E-state index in [-0.39, 0.29) is 11.1 Å². The van der Waals surface area contributed by atoms with Crippen molar-refractivity contribution in [3.05, 3.63) is 52.3 Å². The van der Waals surface area contributed by atoms with E-state index in [1.54, 1.807) is 0 Å². The normalized spacial score (nSPS) is 20.4. The number of benzene rings is 1. The lowest BCUT2D eigenvalue weighted by molar-refractivity contribution is -0.124. The molecular weight excluding hydrogens is 264 g/mol. The van der Waals surface area contributed by atoms with Gasteiger partial charge in [0.15, 0.2) is 11.6 Å². The first-order valence-corrected chi connectivity index (χ1v) is 5.85. The fourth-order valence-corrected chi connectivity index (χ4v) is 2.52. The van der Waals surface area contributed by atoms with E-state index in [0.717, 1.165) is 6.08 Å². The number of aromatic hydroxyl groups is 1. The van der Waals surface area contributed by atoms with E-state index in [2.05, 4.69) is 0 Å². The summed E-state index contributed by atoms with van der Waals surface area (Å²) in [4.78, 5) is 24.7. The fourth-order valence-electron chi connectivity index (χ4n) is 2.52. The number of ketones is 2. The van der Waals surface area contributed by atoms with Crippen LogP contribution in [0.4, 0.5) is 0 Å². The number of hydrogen-bond acceptors (Lipinski definition) is 6. The molecule has 3 rings (SSSR count). The first kappa shape index (κ1) is 12.6. The van der Waals surface area contributed by atoms with E-state index in [1.807, 2.05) is 0 Å². The molecule has 4 N–H and O–H groups in total. The van der Waals surface area contributed by atoms with Crippen molar-refractivity contribution in [1.82, 2.24) is 0 Å². The van der Waals surface area contributed by atoms with E-state index < -0.39 is 46.4 Å². The van der Waals surface area contributed by atoms with Gasteiger partial charge in [-0.1, -0.05) is 12.1 Å². The molecular formula is C14H10O6. The van der Waals surface area contributed by atoms with Gasteiger partial charge < -0.3 is 20.4 Å². The Morgan fingerprint density at radius 3 is 2.45 bits per heavy atom. The van der Waals surface area contributed by atoms with Gasteiger partial charge in [-0.15, -0.1) is 0 Å². The van der Waals surface area contributed by atoms with Gasteiger partial charge in [0.2, 0.25) is 5.78 Å². The van der Waals surface area contributed by atoms with Crippen molar-refractivity contribution >= 4 is 11.6 Å². The van der Waals surface area contributed by atoms with E-state index in [0.29, 0.717) is 0 Å². The van der Waals surface area contributed by atoms with Crippen LogP contribution in [-0.2, 0) is 0 Å². The number of aliphatic hydroxyl groups is 3. The number of phenolic OH excluding ortho intramolecular Hbond substituents is 1. The second-order valence-electron chi connectivity index (χ2n) is 4.72. The fraction of sp³-hybridized carbons (Fsp3) is 0.143. The van der Waals surface area contributed by atoms with Gasteiger partial charge in [-0.3, -0.25) is 9.59 Å². The van der Waals surface area contributed by atoms with Crippen molar-refractivity contribution in [3.8, 4) is 5.75 Å². The van der Waals surface area contributed by atoms with Gasteiger partial charge in [-0.05, 0) is 12.1 Å². The molecule has 0 bridgehead atoms. The number of aliphatic hydroxyl groups excluding tert-OH is 1. The van der Waals surface area contributed by atoms with E-state index in [9.17, 15) is 30.0 Å². The van der Waals surface area contributed by atoms with Gasteiger partial charge in [0.25, 0.3) is 0 Å². The molecule has 0 spiro atoms. The smallest absolute Gasteiger partial charge is 0.201 e. The molecule has 0 saturated carbocycles. The molecule has 0 unspecified atom stereocenters. The lowest BCUT2D eigenvalue weighted by Gasteiger charge is -2.32. The Morgan fingerprint density at radius 1 is 1.05 bits per heavy atom. The van der Waals surface area contributed by atoms with E-state index >= 15 is 0 Å². The largest absolute Gasteiger partial charge is 0.508 e. The van der Waals surface area contributed by atoms with Crippen molar-refractivity contribution in [2.75, 3.05) is 0 Å². The van der Waals surface area contributed by atoms with Gasteiger partial charge in [0, 0.05) is 12.0 Å². The molecule has 0 aromatic heterocycles. The summed E-state index contributed by atoms with van der Waals surface area (Å²) in [7, 11) is 0. The minimum atomic E-state index is -2.52. The number of carbonyl (C=O) groups is 2. The summed E-state index contributed by atoms with van der Waals surface area (Å²) in [5, 5.41) is 39.3. The molecule has 102 valence electrons. The molecule has 6 heteroatoms. The molecule has 0 saturated heterocycles. The monoisotopic (exact) mass is 274 g/mol. The number of Topliss-reactive ketones (excluding diaryl/α,β-unsaturated/α-hetero) is 2. The predicted molar refractivity (Wildman–Crippen MR) is 66.3 cm³/mol. The Bertz CT molecular complexity index is 723. The zero-order valence-corrected chi connectivity index (χ0v) is 10.1. The minimum Gasteiger partial charge on any atom is -0.508 e. The topological polar surface area (TPSA) is 115 Å². The summed E-state index contributed by atoms with van der Waals surface area (Å²) in [6, 6.07) is 3.93. The molecule has 0 radical (unpaired) electrons. The van der Waals surface area contributed by atoms with Crippen LogP contribution in [0.15, 0.2) is 41.2 Å². The number of rotatable bonds is 0. The van der Waals surface area contributed by atoms with Gasteiger partial charge >= 0.3 is 0 Å². The summed E-state index contributed by atoms with van der Waals surface area (Å²) in [6.45, 7) is 0. The molecule has 2 aliphatic rings. The molecule has 0 heterocycles. The first-order chi connectivity index (χ1) is 9.34. The lowest BCUT2D eigenvalue weighted by Crippen LogP contribution is -2.41. The lowest BCUT2D eigenvalue weighted by atomic mass is 9.76. The van der Waals surface area contributed by atoms with Gasteiger partial charge in [0.05, 0.1) is 16.7 Å². The molecule has 0 aliphatic heterocycles. The van der Waals surface area contributed by atoms with Crippen LogP contribution in [0.5, 0.6) is 5.75 Å². The Labute approximate surface area is 112 Å². The van der Waals surface area contributed by atoms with Crippen LogP contribution < -0.4 is 0 Å². The molecule has 6 nitrogen and oxygen atoms in total. The number of phenols is 1. The molecule has 2 aliphatic carbocycles. The average Bonchev–Trinajstić information content (AvgIpc) is 2.38. The van der Waals surface area contributed by atoms with Crippen LogP contribution in [-0.4, -0.2) is 37.8 Å². The maximum absolute atomic E-state index is 12.3. The first-order valence-electron chi connectivity index (χ1n) is 5.85. The van der Waals surface area contributed by atoms with Crippen LogP contribution in [0.1, 0.15) is 27.1 Å². The van der Waals surface area contributed by atoms with Crippen molar-refractivity contribution in [2.45, 2.75) is 12.2 Å². The second-order valence-corrected chi connectivity index (χ2v) is 4.72. The summed E-state index contributed by atoms with van der Waals surface area (Å²) >= 11 is 0. The van der Waals surface area contributed by atoms with Crippen molar-refractivity contribution in [2.24, 2.45) is 0 Å². The quantitative estimate of drug-likeness (QED) is 0.515. The third kappa shape index (κ3) is 1.46. The molecule has 0 fully saturated rings. The van der Waals surface area contributed by atoms with E-state index in [4.69, 9.17) is 0 Å². The summed E-state index contributed by atoms with van der Waals surface area (Å²) in [5.74, 6) is -5.01. The van der Waals surface area contributed by atoms with Gasteiger partial charge in [-0.25, -0.2) is 0 Å². The highest BCUT2D eigenvalue weighted by Gasteiger charge is 2.46. The highest BCUT2D eigenvalue weighted by Crippen LogP contribution is 2.41. The molecule has 20 heavy (non-hydrogen) atoms. The standard InChI is InChI=1S/C14H10O6/c15-7-3-1-2-6-9(7)13(18)10-8(16)4-5-14(19,20)11(10)12(6)17/h1-4,15-16,19-20H,5H2. The van der Waals surface area contributed by atoms with E-state index in [1.165, 1.54) is 18.2 Å². The SMILES string of the molecule is O=C1C2=C(C(=O)c3c(O)cccc31)C(O)=CCC2(O)O. The van der Waals surface area contributed by atoms with Gasteiger partial charge in [0.1, 0.15) is 11.5 Å². The number of hydrogen-bond donors (Lipinski definition) is 4. The predicted octanol–water partition coefficient (Wildman–Crippen LogP) is 0.594. The molecule has 0 amide bonds. The van der Waals surface area contributed by atoms with Crippen LogP contribution in [0.2, 0.25) is 0 Å².